The predicted molar refractivity (Wildman–Crippen MR) is 121 cm³/mol. The van der Waals surface area contributed by atoms with Gasteiger partial charge in [-0.05, 0) is 0 Å². The predicted octanol–water partition coefficient (Wildman–Crippen LogP) is 10.7. The molecule has 0 saturated carbocycles. The van der Waals surface area contributed by atoms with E-state index in [9.17, 15) is 0 Å². The first-order valence-electron chi connectivity index (χ1n) is 15.5. The van der Waals surface area contributed by atoms with Crippen molar-refractivity contribution in [2.45, 2.75) is 161 Å². The summed E-state index contributed by atoms with van der Waals surface area (Å²) < 4.78 is 4.78. The molecule has 0 aromatic rings. The fourth-order valence-electron chi connectivity index (χ4n) is 39.2. The van der Waals surface area contributed by atoms with Crippen LogP contribution in [0.4, 0.5) is 0 Å². The van der Waals surface area contributed by atoms with Crippen LogP contribution >= 0.6 is 0 Å². The van der Waals surface area contributed by atoms with E-state index in [0.29, 0.717) is 0 Å². The SMILES string of the molecule is CCC[C]12[CH]3[CH]4[CH]5[CH]1[Fe]45321678[CH]2[CH]1[CH]6[C]7(CCC)[CH]28.CC[C]12[CH]3[CH]4[CH]5[C]1(CC)[Fe]43521678[CH]2[CH]1[CH]6[CH]7[CH]28. The first kappa shape index (κ1) is 13.0. The van der Waals surface area contributed by atoms with Gasteiger partial charge in [-0.3, -0.25) is 0 Å². The molecule has 0 aromatic heterocycles. The minimum absolute atomic E-state index is 1.18. The summed E-state index contributed by atoms with van der Waals surface area (Å²) in [4.78, 5) is 24.5. The molecule has 32 heavy (non-hydrogen) atoms. The molecule has 0 aromatic carbocycles. The van der Waals surface area contributed by atoms with Crippen LogP contribution in [0.2, 0.25) is 94.3 Å². The molecule has 20 rings (SSSR count). The molecular weight excluding hydrogens is 472 g/mol. The third kappa shape index (κ3) is 0.128. The van der Waals surface area contributed by atoms with Crippen molar-refractivity contribution in [1.29, 1.82) is 0 Å². The second-order valence-corrected chi connectivity index (χ2v) is 69.2. The van der Waals surface area contributed by atoms with E-state index in [1.54, 1.807) is 38.5 Å². The van der Waals surface area contributed by atoms with Crippen LogP contribution in [0.3, 0.4) is 0 Å². The van der Waals surface area contributed by atoms with Crippen molar-refractivity contribution in [3.63, 3.8) is 0 Å². The number of hydrogen-bond donors (Lipinski definition) is 0. The van der Waals surface area contributed by atoms with Crippen molar-refractivity contribution in [3.05, 3.63) is 0 Å². The quantitative estimate of drug-likeness (QED) is 0.311. The summed E-state index contributed by atoms with van der Waals surface area (Å²) in [6.07, 6.45) is 9.91. The minimum atomic E-state index is -2.79. The van der Waals surface area contributed by atoms with Gasteiger partial charge in [-0.2, -0.15) is 0 Å². The van der Waals surface area contributed by atoms with E-state index in [2.05, 4.69) is 27.7 Å². The first-order valence-corrected chi connectivity index (χ1v) is 27.9. The van der Waals surface area contributed by atoms with E-state index in [0.717, 1.165) is 0 Å². The molecule has 0 N–H and O–H groups in total. The third-order valence-corrected chi connectivity index (χ3v) is 122. The Hall–Kier alpha value is 1.04. The van der Waals surface area contributed by atoms with Crippen LogP contribution in [0.1, 0.15) is 66.2 Å². The molecule has 20 fully saturated rings. The zero-order valence-electron chi connectivity index (χ0n) is 20.2. The van der Waals surface area contributed by atoms with Gasteiger partial charge in [-0.15, -0.1) is 0 Å². The van der Waals surface area contributed by atoms with Crippen LogP contribution in [-0.4, -0.2) is 0 Å². The molecule has 176 valence electrons. The number of rotatable bonds is 6. The molecule has 20 aliphatic rings. The molecule has 20 aliphatic heterocycles. The molecule has 0 aliphatic carbocycles. The maximum absolute atomic E-state index is 2.79. The summed E-state index contributed by atoms with van der Waals surface area (Å²) >= 11 is 0. The number of fused-ring (bicyclic) bond motifs is 20. The normalized spacial score (nSPS) is 131. The standard InChI is InChI=1S/C9H13.2C8H11.C5H5.2Fe/c1-3-8-6-5-7-9(8)4-2;2*1-2-5-8-6-3-4-7-8;1-2-4-5-3-1;;/h5-7H,3-4H2,1-2H3;2*3-4,6-7H,2,5H2,1H3;1-5H;;. The van der Waals surface area contributed by atoms with Crippen molar-refractivity contribution in [3.8, 4) is 0 Å². The molecule has 20 saturated heterocycles. The van der Waals surface area contributed by atoms with Gasteiger partial charge in [0.1, 0.15) is 0 Å². The summed E-state index contributed by atoms with van der Waals surface area (Å²) in [5, 5.41) is 0. The van der Waals surface area contributed by atoms with Gasteiger partial charge >= 0.3 is 174 Å². The molecular formula is C30H40Fe2. The van der Waals surface area contributed by atoms with E-state index < -0.39 is 13.0 Å². The Balaban J connectivity index is 0.0000000786. The fourth-order valence-corrected chi connectivity index (χ4v) is 197. The van der Waals surface area contributed by atoms with E-state index in [-0.39, 0.29) is 0 Å². The van der Waals surface area contributed by atoms with E-state index in [1.807, 2.05) is 0 Å². The Labute approximate surface area is 172 Å². The Morgan fingerprint density at radius 1 is 0.438 bits per heavy atom. The Morgan fingerprint density at radius 3 is 1.00 bits per heavy atom. The van der Waals surface area contributed by atoms with Crippen molar-refractivity contribution < 1.29 is 13.0 Å². The van der Waals surface area contributed by atoms with Crippen LogP contribution in [0.15, 0.2) is 0 Å². The van der Waals surface area contributed by atoms with Crippen LogP contribution < -0.4 is 0 Å². The molecule has 2 heteroatoms. The van der Waals surface area contributed by atoms with E-state index in [1.165, 1.54) is 94.3 Å². The summed E-state index contributed by atoms with van der Waals surface area (Å²) in [6.45, 7) is 4.70. The second kappa shape index (κ2) is 1.08. The van der Waals surface area contributed by atoms with Crippen LogP contribution in [0.25, 0.3) is 0 Å². The average molecular weight is 512 g/mol. The van der Waals surface area contributed by atoms with Crippen molar-refractivity contribution >= 4 is 0 Å². The van der Waals surface area contributed by atoms with Gasteiger partial charge < -0.3 is 0 Å². The van der Waals surface area contributed by atoms with Crippen LogP contribution in [-0.2, 0) is 13.0 Å². The summed E-state index contributed by atoms with van der Waals surface area (Å²) in [6, 6.07) is 0. The van der Waals surface area contributed by atoms with Gasteiger partial charge in [0.15, 0.2) is 0 Å². The Kier molecular flexibility index (Phi) is 0.439. The van der Waals surface area contributed by atoms with Gasteiger partial charge in [0, 0.05) is 0 Å². The topological polar surface area (TPSA) is 0 Å². The molecule has 0 nitrogen and oxygen atoms in total. The van der Waals surface area contributed by atoms with Gasteiger partial charge in [-0.25, -0.2) is 0 Å². The fraction of sp³-hybridized carbons (Fsp3) is 1.00. The molecule has 0 bridgehead atoms. The van der Waals surface area contributed by atoms with Crippen LogP contribution in [0, 0.1) is 0 Å². The average Bonchev–Trinajstić information content (AvgIpc) is 3.66. The monoisotopic (exact) mass is 512 g/mol. The zero-order valence-corrected chi connectivity index (χ0v) is 22.4. The summed E-state index contributed by atoms with van der Waals surface area (Å²) in [5.41, 5.74) is 0. The van der Waals surface area contributed by atoms with Gasteiger partial charge in [0.05, 0.1) is 0 Å². The molecule has 0 amide bonds. The van der Waals surface area contributed by atoms with Crippen molar-refractivity contribution in [2.75, 3.05) is 0 Å². The first-order chi connectivity index (χ1) is 15.1. The summed E-state index contributed by atoms with van der Waals surface area (Å²) in [5.74, 6) is 0. The molecule has 20 heterocycles. The molecule has 12 atom stereocenters. The Bertz CT molecular complexity index is 2060. The van der Waals surface area contributed by atoms with Gasteiger partial charge in [0.2, 0.25) is 0 Å². The molecule has 12 unspecified atom stereocenters. The maximum atomic E-state index is 2.61. The Morgan fingerprint density at radius 2 is 0.812 bits per heavy atom. The van der Waals surface area contributed by atoms with E-state index >= 15 is 0 Å². The van der Waals surface area contributed by atoms with Gasteiger partial charge in [-0.1, -0.05) is 0 Å². The summed E-state index contributed by atoms with van der Waals surface area (Å²) in [7, 11) is 0. The third-order valence-electron chi connectivity index (χ3n) is 33.2. The number of hydrogen-bond acceptors (Lipinski definition) is 0. The van der Waals surface area contributed by atoms with Crippen molar-refractivity contribution in [1.82, 2.24) is 0 Å². The van der Waals surface area contributed by atoms with Crippen molar-refractivity contribution in [2.24, 2.45) is 0 Å². The van der Waals surface area contributed by atoms with Gasteiger partial charge in [0.25, 0.3) is 0 Å². The molecule has 0 radical (unpaired) electrons. The van der Waals surface area contributed by atoms with Crippen LogP contribution in [0.5, 0.6) is 0 Å². The second-order valence-electron chi connectivity index (χ2n) is 22.3. The van der Waals surface area contributed by atoms with E-state index in [4.69, 9.17) is 0 Å². The molecule has 2 spiro atoms. The zero-order chi connectivity index (χ0) is 20.1.